The van der Waals surface area contributed by atoms with Crippen molar-refractivity contribution in [1.29, 1.82) is 0 Å². The number of hydrogen-bond donors (Lipinski definition) is 0. The Hall–Kier alpha value is -1.64. The summed E-state index contributed by atoms with van der Waals surface area (Å²) in [6.07, 6.45) is 1.39. The van der Waals surface area contributed by atoms with Gasteiger partial charge in [0.05, 0.1) is 0 Å². The lowest BCUT2D eigenvalue weighted by Gasteiger charge is -2.31. The van der Waals surface area contributed by atoms with E-state index in [9.17, 15) is 9.59 Å². The summed E-state index contributed by atoms with van der Waals surface area (Å²) >= 11 is 0. The minimum Gasteiger partial charge on any atom is -0.285 e. The molecule has 1 heterocycles. The van der Waals surface area contributed by atoms with E-state index in [0.29, 0.717) is 6.42 Å². The molecule has 2 amide bonds. The molecule has 0 radical (unpaired) electrons. The molecule has 1 aromatic rings. The van der Waals surface area contributed by atoms with Crippen molar-refractivity contribution in [2.45, 2.75) is 26.7 Å². The second-order valence-corrected chi connectivity index (χ2v) is 5.26. The molecule has 1 aliphatic heterocycles. The van der Waals surface area contributed by atoms with Crippen LogP contribution in [0.15, 0.2) is 24.3 Å². The highest BCUT2D eigenvalue weighted by atomic mass is 16.2. The highest BCUT2D eigenvalue weighted by molar-refractivity contribution is 5.99. The normalized spacial score (nSPS) is 24.5. The molecule has 0 bridgehead atoms. The third-order valence-electron chi connectivity index (χ3n) is 3.67. The van der Waals surface area contributed by atoms with E-state index in [1.165, 1.54) is 10.5 Å². The topological polar surface area (TPSA) is 37.4 Å². The van der Waals surface area contributed by atoms with E-state index < -0.39 is 0 Å². The molecule has 0 aromatic heterocycles. The zero-order chi connectivity index (χ0) is 13.3. The Morgan fingerprint density at radius 2 is 1.78 bits per heavy atom. The highest BCUT2D eigenvalue weighted by Crippen LogP contribution is 2.26. The maximum absolute atomic E-state index is 12.1. The number of carbonyl (C=O) groups excluding carboxylic acids is 2. The van der Waals surface area contributed by atoms with Crippen LogP contribution in [0, 0.1) is 18.8 Å². The Morgan fingerprint density at radius 3 is 2.39 bits per heavy atom. The Morgan fingerprint density at radius 1 is 1.17 bits per heavy atom. The number of amides is 2. The Kier molecular flexibility index (Phi) is 3.50. The molecular weight excluding hydrogens is 226 g/mol. The quantitative estimate of drug-likeness (QED) is 0.749. The van der Waals surface area contributed by atoms with Crippen molar-refractivity contribution in [1.82, 2.24) is 4.90 Å². The molecule has 0 aliphatic carbocycles. The fourth-order valence-electron chi connectivity index (χ4n) is 2.52. The molecule has 3 nitrogen and oxygen atoms in total. The van der Waals surface area contributed by atoms with Crippen molar-refractivity contribution in [3.63, 3.8) is 0 Å². The summed E-state index contributed by atoms with van der Waals surface area (Å²) in [6, 6.07) is 8.23. The summed E-state index contributed by atoms with van der Waals surface area (Å²) in [7, 11) is 1.59. The molecular formula is C15H19NO2. The van der Waals surface area contributed by atoms with Crippen LogP contribution in [-0.2, 0) is 16.0 Å². The molecule has 0 saturated carbocycles. The van der Waals surface area contributed by atoms with E-state index in [2.05, 4.69) is 24.3 Å². The summed E-state index contributed by atoms with van der Waals surface area (Å²) in [4.78, 5) is 25.0. The van der Waals surface area contributed by atoms with E-state index >= 15 is 0 Å². The predicted octanol–water partition coefficient (Wildman–Crippen LogP) is 2.18. The Balaban J connectivity index is 2.11. The summed E-state index contributed by atoms with van der Waals surface area (Å²) in [6.45, 7) is 3.94. The van der Waals surface area contributed by atoms with Crippen molar-refractivity contribution < 1.29 is 9.59 Å². The van der Waals surface area contributed by atoms with Crippen molar-refractivity contribution >= 4 is 11.8 Å². The number of nitrogens with zero attached hydrogens (tertiary/aromatic N) is 1. The maximum Gasteiger partial charge on any atom is 0.232 e. The van der Waals surface area contributed by atoms with Gasteiger partial charge in [0, 0.05) is 18.9 Å². The van der Waals surface area contributed by atoms with Crippen molar-refractivity contribution in [2.75, 3.05) is 7.05 Å². The van der Waals surface area contributed by atoms with Crippen LogP contribution in [-0.4, -0.2) is 23.8 Å². The Labute approximate surface area is 108 Å². The average molecular weight is 245 g/mol. The van der Waals surface area contributed by atoms with Crippen molar-refractivity contribution in [2.24, 2.45) is 11.8 Å². The SMILES string of the molecule is Cc1ccc(CC2C[C@H](C)C(=O)N(C)C2=O)cc1. The van der Waals surface area contributed by atoms with Gasteiger partial charge in [0.15, 0.2) is 0 Å². The van der Waals surface area contributed by atoms with Crippen LogP contribution in [0.5, 0.6) is 0 Å². The molecule has 2 rings (SSSR count). The molecule has 1 unspecified atom stereocenters. The van der Waals surface area contributed by atoms with Gasteiger partial charge in [-0.2, -0.15) is 0 Å². The fraction of sp³-hybridized carbons (Fsp3) is 0.467. The molecule has 1 fully saturated rings. The monoisotopic (exact) mass is 245 g/mol. The molecule has 96 valence electrons. The largest absolute Gasteiger partial charge is 0.285 e. The standard InChI is InChI=1S/C15H19NO2/c1-10-4-6-12(7-5-10)9-13-8-11(2)14(17)16(3)15(13)18/h4-7,11,13H,8-9H2,1-3H3/t11-,13?/m0/s1. The molecule has 0 N–H and O–H groups in total. The van der Waals surface area contributed by atoms with Crippen LogP contribution in [0.25, 0.3) is 0 Å². The molecule has 2 atom stereocenters. The van der Waals surface area contributed by atoms with Crippen molar-refractivity contribution in [3.8, 4) is 0 Å². The number of benzene rings is 1. The minimum absolute atomic E-state index is 0.0429. The smallest absolute Gasteiger partial charge is 0.232 e. The van der Waals surface area contributed by atoms with Crippen molar-refractivity contribution in [3.05, 3.63) is 35.4 Å². The summed E-state index contributed by atoms with van der Waals surface area (Å²) in [5.41, 5.74) is 2.38. The van der Waals surface area contributed by atoms with Gasteiger partial charge in [0.25, 0.3) is 0 Å². The number of piperidine rings is 1. The zero-order valence-electron chi connectivity index (χ0n) is 11.1. The molecule has 3 heteroatoms. The molecule has 1 aromatic carbocycles. The first-order chi connectivity index (χ1) is 8.49. The van der Waals surface area contributed by atoms with Crippen LogP contribution in [0.1, 0.15) is 24.5 Å². The number of likely N-dealkylation sites (tertiary alicyclic amines) is 1. The Bertz CT molecular complexity index is 464. The van der Waals surface area contributed by atoms with Crippen LogP contribution < -0.4 is 0 Å². The van der Waals surface area contributed by atoms with Crippen LogP contribution >= 0.6 is 0 Å². The van der Waals surface area contributed by atoms with E-state index in [-0.39, 0.29) is 23.7 Å². The number of carbonyl (C=O) groups is 2. The molecule has 1 saturated heterocycles. The fourth-order valence-corrected chi connectivity index (χ4v) is 2.52. The van der Waals surface area contributed by atoms with E-state index in [0.717, 1.165) is 12.0 Å². The van der Waals surface area contributed by atoms with E-state index in [1.54, 1.807) is 7.05 Å². The first kappa shape index (κ1) is 12.8. The minimum atomic E-state index is -0.0644. The van der Waals surface area contributed by atoms with Gasteiger partial charge < -0.3 is 0 Å². The highest BCUT2D eigenvalue weighted by Gasteiger charge is 2.36. The van der Waals surface area contributed by atoms with Gasteiger partial charge >= 0.3 is 0 Å². The average Bonchev–Trinajstić information content (AvgIpc) is 2.36. The van der Waals surface area contributed by atoms with Gasteiger partial charge in [-0.25, -0.2) is 0 Å². The maximum atomic E-state index is 12.1. The van der Waals surface area contributed by atoms with Gasteiger partial charge in [-0.1, -0.05) is 36.8 Å². The predicted molar refractivity (Wildman–Crippen MR) is 69.9 cm³/mol. The van der Waals surface area contributed by atoms with E-state index in [1.807, 2.05) is 13.8 Å². The van der Waals surface area contributed by atoms with Gasteiger partial charge in [-0.3, -0.25) is 14.5 Å². The first-order valence-corrected chi connectivity index (χ1v) is 6.36. The van der Waals surface area contributed by atoms with Crippen LogP contribution in [0.3, 0.4) is 0 Å². The number of rotatable bonds is 2. The van der Waals surface area contributed by atoms with Crippen LogP contribution in [0.4, 0.5) is 0 Å². The summed E-state index contributed by atoms with van der Waals surface area (Å²) < 4.78 is 0. The van der Waals surface area contributed by atoms with E-state index in [4.69, 9.17) is 0 Å². The lowest BCUT2D eigenvalue weighted by molar-refractivity contribution is -0.153. The molecule has 0 spiro atoms. The number of aryl methyl sites for hydroxylation is 1. The van der Waals surface area contributed by atoms with Gasteiger partial charge in [-0.15, -0.1) is 0 Å². The number of hydrogen-bond acceptors (Lipinski definition) is 2. The third-order valence-corrected chi connectivity index (χ3v) is 3.67. The lowest BCUT2D eigenvalue weighted by Crippen LogP contribution is -2.47. The second-order valence-electron chi connectivity index (χ2n) is 5.26. The zero-order valence-corrected chi connectivity index (χ0v) is 11.1. The third kappa shape index (κ3) is 2.45. The van der Waals surface area contributed by atoms with Gasteiger partial charge in [-0.05, 0) is 25.3 Å². The van der Waals surface area contributed by atoms with Gasteiger partial charge in [0.1, 0.15) is 0 Å². The molecule has 1 aliphatic rings. The first-order valence-electron chi connectivity index (χ1n) is 6.36. The lowest BCUT2D eigenvalue weighted by atomic mass is 9.85. The summed E-state index contributed by atoms with van der Waals surface area (Å²) in [5.74, 6) is -0.215. The molecule has 18 heavy (non-hydrogen) atoms. The summed E-state index contributed by atoms with van der Waals surface area (Å²) in [5, 5.41) is 0. The van der Waals surface area contributed by atoms with Gasteiger partial charge in [0.2, 0.25) is 11.8 Å². The second kappa shape index (κ2) is 4.92. The van der Waals surface area contributed by atoms with Crippen LogP contribution in [0.2, 0.25) is 0 Å². The number of imide groups is 1.